The van der Waals surface area contributed by atoms with Gasteiger partial charge in [-0.1, -0.05) is 45.4 Å². The number of hydrogen-bond donors (Lipinski definition) is 0. The second kappa shape index (κ2) is 10.5. The molecule has 0 aliphatic carbocycles. The van der Waals surface area contributed by atoms with E-state index in [1.54, 1.807) is 6.92 Å². The second-order valence-corrected chi connectivity index (χ2v) is 3.99. The largest absolute Gasteiger partial charge is 0.465 e. The molecule has 0 heterocycles. The highest BCUT2D eigenvalue weighted by molar-refractivity contribution is 5.75. The fourth-order valence-electron chi connectivity index (χ4n) is 1.61. The van der Waals surface area contributed by atoms with E-state index in [2.05, 4.69) is 6.92 Å². The normalized spacial score (nSPS) is 11.8. The molecule has 3 heteroatoms. The number of esters is 1. The molecular formula is C13H23NO2. The van der Waals surface area contributed by atoms with Crippen LogP contribution in [-0.4, -0.2) is 12.6 Å². The Bertz CT molecular complexity index is 220. The molecule has 0 bridgehead atoms. The summed E-state index contributed by atoms with van der Waals surface area (Å²) in [5, 5.41) is 8.81. The van der Waals surface area contributed by atoms with Gasteiger partial charge in [0.15, 0.2) is 0 Å². The molecule has 3 nitrogen and oxygen atoms in total. The smallest absolute Gasteiger partial charge is 0.323 e. The maximum Gasteiger partial charge on any atom is 0.323 e. The van der Waals surface area contributed by atoms with Crippen molar-refractivity contribution in [2.45, 2.75) is 58.8 Å². The first-order valence-corrected chi connectivity index (χ1v) is 6.32. The lowest BCUT2D eigenvalue weighted by Gasteiger charge is -2.07. The summed E-state index contributed by atoms with van der Waals surface area (Å²) in [6.07, 6.45) is 7.67. The van der Waals surface area contributed by atoms with Gasteiger partial charge in [0.1, 0.15) is 5.92 Å². The molecule has 0 amide bonds. The molecule has 0 aromatic carbocycles. The van der Waals surface area contributed by atoms with Gasteiger partial charge in [-0.3, -0.25) is 4.79 Å². The van der Waals surface area contributed by atoms with Gasteiger partial charge in [0, 0.05) is 0 Å². The third-order valence-electron chi connectivity index (χ3n) is 2.57. The Kier molecular flexibility index (Phi) is 9.80. The highest BCUT2D eigenvalue weighted by Gasteiger charge is 2.17. The summed E-state index contributed by atoms with van der Waals surface area (Å²) in [6, 6.07) is 2.01. The Labute approximate surface area is 98.8 Å². The van der Waals surface area contributed by atoms with Gasteiger partial charge >= 0.3 is 5.97 Å². The first kappa shape index (κ1) is 15.0. The van der Waals surface area contributed by atoms with E-state index in [0.29, 0.717) is 13.0 Å². The van der Waals surface area contributed by atoms with Crippen molar-refractivity contribution in [3.63, 3.8) is 0 Å². The quantitative estimate of drug-likeness (QED) is 0.446. The van der Waals surface area contributed by atoms with Crippen molar-refractivity contribution in [1.82, 2.24) is 0 Å². The van der Waals surface area contributed by atoms with Crippen molar-refractivity contribution in [2.75, 3.05) is 6.61 Å². The molecule has 1 unspecified atom stereocenters. The van der Waals surface area contributed by atoms with Crippen LogP contribution in [0.2, 0.25) is 0 Å². The van der Waals surface area contributed by atoms with Crippen molar-refractivity contribution in [2.24, 2.45) is 5.92 Å². The zero-order valence-electron chi connectivity index (χ0n) is 10.5. The number of hydrogen-bond acceptors (Lipinski definition) is 3. The minimum atomic E-state index is -0.564. The molecule has 0 spiro atoms. The average Bonchev–Trinajstić information content (AvgIpc) is 2.28. The fraction of sp³-hybridized carbons (Fsp3) is 0.846. The van der Waals surface area contributed by atoms with Crippen LogP contribution in [0.3, 0.4) is 0 Å². The molecule has 0 saturated heterocycles. The first-order chi connectivity index (χ1) is 7.76. The molecule has 92 valence electrons. The molecule has 16 heavy (non-hydrogen) atoms. The number of ether oxygens (including phenoxy) is 1. The topological polar surface area (TPSA) is 50.1 Å². The van der Waals surface area contributed by atoms with E-state index in [9.17, 15) is 4.79 Å². The van der Waals surface area contributed by atoms with Crippen LogP contribution < -0.4 is 0 Å². The maximum absolute atomic E-state index is 11.3. The van der Waals surface area contributed by atoms with Gasteiger partial charge < -0.3 is 4.74 Å². The fourth-order valence-corrected chi connectivity index (χ4v) is 1.61. The Morgan fingerprint density at radius 3 is 2.38 bits per heavy atom. The van der Waals surface area contributed by atoms with Crippen molar-refractivity contribution < 1.29 is 9.53 Å². The van der Waals surface area contributed by atoms with Crippen LogP contribution in [0.5, 0.6) is 0 Å². The van der Waals surface area contributed by atoms with E-state index in [0.717, 1.165) is 12.8 Å². The number of rotatable bonds is 9. The van der Waals surface area contributed by atoms with Gasteiger partial charge in [0.25, 0.3) is 0 Å². The number of carbonyl (C=O) groups excluding carboxylic acids is 1. The number of unbranched alkanes of at least 4 members (excludes halogenated alkanes) is 5. The zero-order valence-corrected chi connectivity index (χ0v) is 10.5. The van der Waals surface area contributed by atoms with Gasteiger partial charge in [-0.2, -0.15) is 5.26 Å². The molecule has 0 aromatic rings. The van der Waals surface area contributed by atoms with Gasteiger partial charge in [0.05, 0.1) is 12.7 Å². The molecule has 0 aliphatic rings. The predicted octanol–water partition coefficient (Wildman–Crippen LogP) is 3.44. The summed E-state index contributed by atoms with van der Waals surface area (Å²) in [4.78, 5) is 11.3. The minimum Gasteiger partial charge on any atom is -0.465 e. The Morgan fingerprint density at radius 2 is 1.81 bits per heavy atom. The minimum absolute atomic E-state index is 0.355. The highest BCUT2D eigenvalue weighted by Crippen LogP contribution is 2.13. The lowest BCUT2D eigenvalue weighted by Crippen LogP contribution is -2.16. The molecule has 0 aromatic heterocycles. The van der Waals surface area contributed by atoms with E-state index in [1.165, 1.54) is 25.7 Å². The summed E-state index contributed by atoms with van der Waals surface area (Å²) in [5.41, 5.74) is 0. The summed E-state index contributed by atoms with van der Waals surface area (Å²) < 4.78 is 4.83. The van der Waals surface area contributed by atoms with Gasteiger partial charge in [-0.15, -0.1) is 0 Å². The van der Waals surface area contributed by atoms with Crippen LogP contribution in [-0.2, 0) is 9.53 Å². The van der Waals surface area contributed by atoms with Crippen molar-refractivity contribution in [1.29, 1.82) is 5.26 Å². The Balaban J connectivity index is 3.56. The lowest BCUT2D eigenvalue weighted by atomic mass is 10.0. The molecule has 0 N–H and O–H groups in total. The van der Waals surface area contributed by atoms with E-state index in [1.807, 2.05) is 6.07 Å². The van der Waals surface area contributed by atoms with Crippen LogP contribution in [0.15, 0.2) is 0 Å². The second-order valence-electron chi connectivity index (χ2n) is 3.99. The zero-order chi connectivity index (χ0) is 12.2. The van der Waals surface area contributed by atoms with E-state index >= 15 is 0 Å². The number of nitrogens with zero attached hydrogens (tertiary/aromatic N) is 1. The first-order valence-electron chi connectivity index (χ1n) is 6.32. The Hall–Kier alpha value is -1.04. The number of carbonyl (C=O) groups is 1. The van der Waals surface area contributed by atoms with Crippen molar-refractivity contribution >= 4 is 5.97 Å². The monoisotopic (exact) mass is 225 g/mol. The van der Waals surface area contributed by atoms with Gasteiger partial charge in [-0.25, -0.2) is 0 Å². The van der Waals surface area contributed by atoms with E-state index < -0.39 is 5.92 Å². The molecule has 0 fully saturated rings. The molecule has 1 atom stereocenters. The predicted molar refractivity (Wildman–Crippen MR) is 63.7 cm³/mol. The Morgan fingerprint density at radius 1 is 1.19 bits per heavy atom. The molecule has 0 saturated carbocycles. The lowest BCUT2D eigenvalue weighted by molar-refractivity contribution is -0.146. The molecule has 0 aliphatic heterocycles. The van der Waals surface area contributed by atoms with Crippen LogP contribution >= 0.6 is 0 Å². The van der Waals surface area contributed by atoms with E-state index in [-0.39, 0.29) is 5.97 Å². The number of nitriles is 1. The summed E-state index contributed by atoms with van der Waals surface area (Å²) in [5.74, 6) is -0.926. The average molecular weight is 225 g/mol. The summed E-state index contributed by atoms with van der Waals surface area (Å²) in [7, 11) is 0. The van der Waals surface area contributed by atoms with Gasteiger partial charge in [-0.05, 0) is 13.3 Å². The van der Waals surface area contributed by atoms with Crippen molar-refractivity contribution in [3.8, 4) is 6.07 Å². The van der Waals surface area contributed by atoms with Crippen LogP contribution in [0.4, 0.5) is 0 Å². The third kappa shape index (κ3) is 7.28. The molecule has 0 radical (unpaired) electrons. The summed E-state index contributed by atoms with van der Waals surface area (Å²) in [6.45, 7) is 4.30. The SMILES string of the molecule is CCCCCCCCC(C#N)C(=O)OCC. The van der Waals surface area contributed by atoms with Crippen molar-refractivity contribution in [3.05, 3.63) is 0 Å². The third-order valence-corrected chi connectivity index (χ3v) is 2.57. The van der Waals surface area contributed by atoms with Crippen LogP contribution in [0.1, 0.15) is 58.8 Å². The standard InChI is InChI=1S/C13H23NO2/c1-3-5-6-7-8-9-10-12(11-14)13(15)16-4-2/h12H,3-10H2,1-2H3. The molecule has 0 rings (SSSR count). The summed E-state index contributed by atoms with van der Waals surface area (Å²) >= 11 is 0. The highest BCUT2D eigenvalue weighted by atomic mass is 16.5. The van der Waals surface area contributed by atoms with Crippen LogP contribution in [0, 0.1) is 17.2 Å². The van der Waals surface area contributed by atoms with Gasteiger partial charge in [0.2, 0.25) is 0 Å². The molecular weight excluding hydrogens is 202 g/mol. The van der Waals surface area contributed by atoms with Crippen LogP contribution in [0.25, 0.3) is 0 Å². The maximum atomic E-state index is 11.3. The van der Waals surface area contributed by atoms with E-state index in [4.69, 9.17) is 10.00 Å².